The third kappa shape index (κ3) is 5.54. The molecule has 0 saturated carbocycles. The molecule has 0 N–H and O–H groups in total. The smallest absolute Gasteiger partial charge is 0.269 e. The normalized spacial score (nSPS) is 11.1. The Balaban J connectivity index is 2.76. The molecule has 1 aromatic carbocycles. The zero-order chi connectivity index (χ0) is 15.1. The highest BCUT2D eigenvalue weighted by atomic mass is 16.6. The fourth-order valence-electron chi connectivity index (χ4n) is 1.80. The summed E-state index contributed by atoms with van der Waals surface area (Å²) in [5.41, 5.74) is 1.16. The molecule has 0 saturated heterocycles. The van der Waals surface area contributed by atoms with Gasteiger partial charge in [-0.3, -0.25) is 10.1 Å². The van der Waals surface area contributed by atoms with E-state index < -0.39 is 0 Å². The molecular formula is C14H24N4O2. The van der Waals surface area contributed by atoms with E-state index in [1.54, 1.807) is 12.1 Å². The minimum Gasteiger partial charge on any atom is -0.369 e. The van der Waals surface area contributed by atoms with Crippen molar-refractivity contribution in [3.05, 3.63) is 34.4 Å². The number of nitrogens with zero attached hydrogens (tertiary/aromatic N) is 4. The van der Waals surface area contributed by atoms with Crippen molar-refractivity contribution in [1.29, 1.82) is 0 Å². The third-order valence-electron chi connectivity index (χ3n) is 3.06. The van der Waals surface area contributed by atoms with Gasteiger partial charge in [0.15, 0.2) is 0 Å². The number of hydrogen-bond acceptors (Lipinski definition) is 5. The number of benzene rings is 1. The largest absolute Gasteiger partial charge is 0.369 e. The van der Waals surface area contributed by atoms with Gasteiger partial charge in [-0.05, 0) is 40.3 Å². The molecular weight excluding hydrogens is 256 g/mol. The highest BCUT2D eigenvalue weighted by molar-refractivity contribution is 5.50. The van der Waals surface area contributed by atoms with Gasteiger partial charge >= 0.3 is 0 Å². The van der Waals surface area contributed by atoms with Crippen LogP contribution in [0, 0.1) is 10.1 Å². The van der Waals surface area contributed by atoms with E-state index in [0.29, 0.717) is 0 Å². The van der Waals surface area contributed by atoms with E-state index in [-0.39, 0.29) is 10.6 Å². The first-order valence-corrected chi connectivity index (χ1v) is 6.69. The molecule has 0 aliphatic rings. The van der Waals surface area contributed by atoms with Gasteiger partial charge < -0.3 is 14.7 Å². The summed E-state index contributed by atoms with van der Waals surface area (Å²) in [6.07, 6.45) is 0. The Hall–Kier alpha value is -1.66. The maximum absolute atomic E-state index is 10.7. The highest BCUT2D eigenvalue weighted by Gasteiger charge is 2.10. The third-order valence-corrected chi connectivity index (χ3v) is 3.06. The number of rotatable bonds is 8. The summed E-state index contributed by atoms with van der Waals surface area (Å²) in [5, 5.41) is 10.7. The van der Waals surface area contributed by atoms with Crippen LogP contribution in [0.4, 0.5) is 11.4 Å². The maximum atomic E-state index is 10.7. The molecule has 0 radical (unpaired) electrons. The lowest BCUT2D eigenvalue weighted by Crippen LogP contribution is -2.36. The molecule has 0 atom stereocenters. The molecule has 0 unspecified atom stereocenters. The van der Waals surface area contributed by atoms with Gasteiger partial charge in [-0.2, -0.15) is 0 Å². The average Bonchev–Trinajstić information content (AvgIpc) is 2.38. The topological polar surface area (TPSA) is 52.9 Å². The lowest BCUT2D eigenvalue weighted by molar-refractivity contribution is -0.384. The van der Waals surface area contributed by atoms with Crippen LogP contribution >= 0.6 is 0 Å². The summed E-state index contributed by atoms with van der Waals surface area (Å²) in [7, 11) is 8.17. The van der Waals surface area contributed by atoms with E-state index in [4.69, 9.17) is 0 Å². The van der Waals surface area contributed by atoms with Crippen molar-refractivity contribution in [2.45, 2.75) is 0 Å². The van der Waals surface area contributed by atoms with Crippen molar-refractivity contribution >= 4 is 11.4 Å². The van der Waals surface area contributed by atoms with Crippen molar-refractivity contribution in [1.82, 2.24) is 9.80 Å². The molecule has 0 aromatic heterocycles. The number of likely N-dealkylation sites (N-methyl/N-ethyl adjacent to an activating group) is 2. The first kappa shape index (κ1) is 16.4. The number of non-ortho nitro benzene ring substituents is 1. The van der Waals surface area contributed by atoms with Crippen LogP contribution in [0.5, 0.6) is 0 Å². The first-order valence-electron chi connectivity index (χ1n) is 6.69. The van der Waals surface area contributed by atoms with Crippen LogP contribution in [0.15, 0.2) is 24.3 Å². The van der Waals surface area contributed by atoms with Crippen LogP contribution in [0.2, 0.25) is 0 Å². The molecule has 6 heteroatoms. The van der Waals surface area contributed by atoms with Gasteiger partial charge in [0, 0.05) is 44.0 Å². The minimum absolute atomic E-state index is 0.133. The second-order valence-corrected chi connectivity index (χ2v) is 5.37. The molecule has 20 heavy (non-hydrogen) atoms. The van der Waals surface area contributed by atoms with Gasteiger partial charge in [0.05, 0.1) is 4.92 Å². The average molecular weight is 280 g/mol. The Morgan fingerprint density at radius 2 is 1.35 bits per heavy atom. The Bertz CT molecular complexity index is 406. The van der Waals surface area contributed by atoms with Gasteiger partial charge in [0.1, 0.15) is 0 Å². The summed E-state index contributed by atoms with van der Waals surface area (Å²) in [5.74, 6) is 0. The number of anilines is 1. The molecule has 0 bridgehead atoms. The van der Waals surface area contributed by atoms with Gasteiger partial charge in [-0.25, -0.2) is 0 Å². The second-order valence-electron chi connectivity index (χ2n) is 5.37. The van der Waals surface area contributed by atoms with Crippen LogP contribution in [0.25, 0.3) is 0 Å². The zero-order valence-electron chi connectivity index (χ0n) is 12.7. The number of hydrogen-bond donors (Lipinski definition) is 0. The zero-order valence-corrected chi connectivity index (χ0v) is 12.7. The lowest BCUT2D eigenvalue weighted by Gasteiger charge is -2.27. The monoisotopic (exact) mass is 280 g/mol. The van der Waals surface area contributed by atoms with Crippen molar-refractivity contribution in [3.8, 4) is 0 Å². The van der Waals surface area contributed by atoms with Crippen molar-refractivity contribution in [3.63, 3.8) is 0 Å². The van der Waals surface area contributed by atoms with E-state index in [0.717, 1.165) is 31.9 Å². The maximum Gasteiger partial charge on any atom is 0.269 e. The SMILES string of the molecule is CN(C)CCN(CCN(C)C)c1ccc([N+](=O)[O-])cc1. The first-order chi connectivity index (χ1) is 9.40. The Morgan fingerprint density at radius 1 is 0.900 bits per heavy atom. The van der Waals surface area contributed by atoms with Crippen LogP contribution in [-0.2, 0) is 0 Å². The molecule has 6 nitrogen and oxygen atoms in total. The van der Waals surface area contributed by atoms with Crippen LogP contribution < -0.4 is 4.90 Å². The predicted octanol–water partition coefficient (Wildman–Crippen LogP) is 1.52. The molecule has 1 aromatic rings. The van der Waals surface area contributed by atoms with E-state index >= 15 is 0 Å². The molecule has 0 heterocycles. The Kier molecular flexibility index (Phi) is 6.41. The predicted molar refractivity (Wildman–Crippen MR) is 82.4 cm³/mol. The van der Waals surface area contributed by atoms with Gasteiger partial charge in [-0.1, -0.05) is 0 Å². The number of nitro groups is 1. The number of nitro benzene ring substituents is 1. The standard InChI is InChI=1S/C14H24N4O2/c1-15(2)9-11-17(12-10-16(3)4)13-5-7-14(8-6-13)18(19)20/h5-8H,9-12H2,1-4H3. The van der Waals surface area contributed by atoms with Gasteiger partial charge in [0.2, 0.25) is 0 Å². The second kappa shape index (κ2) is 7.81. The summed E-state index contributed by atoms with van der Waals surface area (Å²) in [6.45, 7) is 3.70. The summed E-state index contributed by atoms with van der Waals surface area (Å²) >= 11 is 0. The summed E-state index contributed by atoms with van der Waals surface area (Å²) in [6, 6.07) is 6.77. The molecule has 0 fully saturated rings. The summed E-state index contributed by atoms with van der Waals surface area (Å²) < 4.78 is 0. The molecule has 0 aliphatic carbocycles. The fourth-order valence-corrected chi connectivity index (χ4v) is 1.80. The van der Waals surface area contributed by atoms with Crippen molar-refractivity contribution < 1.29 is 4.92 Å². The minimum atomic E-state index is -0.367. The van der Waals surface area contributed by atoms with E-state index in [1.807, 2.05) is 40.3 Å². The van der Waals surface area contributed by atoms with Crippen molar-refractivity contribution in [2.75, 3.05) is 59.3 Å². The molecule has 112 valence electrons. The van der Waals surface area contributed by atoms with E-state index in [9.17, 15) is 10.1 Å². The lowest BCUT2D eigenvalue weighted by atomic mass is 10.2. The molecule has 0 spiro atoms. The Labute approximate surface area is 120 Å². The Morgan fingerprint density at radius 3 is 1.70 bits per heavy atom. The van der Waals surface area contributed by atoms with Crippen LogP contribution in [0.1, 0.15) is 0 Å². The molecule has 1 rings (SSSR count). The van der Waals surface area contributed by atoms with Gasteiger partial charge in [0.25, 0.3) is 5.69 Å². The van der Waals surface area contributed by atoms with E-state index in [2.05, 4.69) is 14.7 Å². The molecule has 0 amide bonds. The van der Waals surface area contributed by atoms with Crippen molar-refractivity contribution in [2.24, 2.45) is 0 Å². The quantitative estimate of drug-likeness (QED) is 0.534. The van der Waals surface area contributed by atoms with Crippen LogP contribution in [0.3, 0.4) is 0 Å². The van der Waals surface area contributed by atoms with Gasteiger partial charge in [-0.15, -0.1) is 0 Å². The highest BCUT2D eigenvalue weighted by Crippen LogP contribution is 2.19. The van der Waals surface area contributed by atoms with E-state index in [1.165, 1.54) is 0 Å². The fraction of sp³-hybridized carbons (Fsp3) is 0.571. The van der Waals surface area contributed by atoms with Crippen LogP contribution in [-0.4, -0.2) is 69.1 Å². The molecule has 0 aliphatic heterocycles. The summed E-state index contributed by atoms with van der Waals surface area (Å²) in [4.78, 5) is 16.8.